The van der Waals surface area contributed by atoms with Crippen molar-refractivity contribution in [3.05, 3.63) is 41.2 Å². The number of amides is 1. The summed E-state index contributed by atoms with van der Waals surface area (Å²) in [4.78, 5) is 22.9. The van der Waals surface area contributed by atoms with Gasteiger partial charge in [-0.25, -0.2) is 9.18 Å². The summed E-state index contributed by atoms with van der Waals surface area (Å²) >= 11 is 0. The lowest BCUT2D eigenvalue weighted by Crippen LogP contribution is -2.17. The molecule has 1 aliphatic rings. The Balaban J connectivity index is 2.11. The van der Waals surface area contributed by atoms with Crippen molar-refractivity contribution < 1.29 is 19.1 Å². The van der Waals surface area contributed by atoms with Gasteiger partial charge >= 0.3 is 5.97 Å². The summed E-state index contributed by atoms with van der Waals surface area (Å²) < 4.78 is 13.7. The number of rotatable bonds is 4. The Bertz CT molecular complexity index is 566. The third-order valence-electron chi connectivity index (χ3n) is 3.28. The van der Waals surface area contributed by atoms with Gasteiger partial charge in [-0.1, -0.05) is 17.7 Å². The normalized spacial score (nSPS) is 14.6. The molecule has 1 aliphatic carbocycles. The molecule has 0 aliphatic heterocycles. The fourth-order valence-corrected chi connectivity index (χ4v) is 2.28. The molecule has 0 saturated carbocycles. The Kier molecular flexibility index (Phi) is 4.50. The lowest BCUT2D eigenvalue weighted by molar-refractivity contribution is -0.115. The first-order valence-corrected chi connectivity index (χ1v) is 6.57. The molecule has 0 spiro atoms. The van der Waals surface area contributed by atoms with Gasteiger partial charge in [-0.3, -0.25) is 4.79 Å². The van der Waals surface area contributed by atoms with E-state index in [0.29, 0.717) is 0 Å². The van der Waals surface area contributed by atoms with Crippen LogP contribution in [-0.2, 0) is 4.79 Å². The molecule has 4 nitrogen and oxygen atoms in total. The number of benzene rings is 1. The maximum atomic E-state index is 13.7. The maximum Gasteiger partial charge on any atom is 0.337 e. The summed E-state index contributed by atoms with van der Waals surface area (Å²) in [6, 6.07) is 3.70. The van der Waals surface area contributed by atoms with Gasteiger partial charge in [0.25, 0.3) is 0 Å². The molecule has 2 rings (SSSR count). The van der Waals surface area contributed by atoms with E-state index in [1.807, 2.05) is 6.08 Å². The zero-order chi connectivity index (χ0) is 14.5. The van der Waals surface area contributed by atoms with E-state index in [2.05, 4.69) is 5.32 Å². The number of carbonyl (C=O) groups excluding carboxylic acids is 1. The maximum absolute atomic E-state index is 13.7. The van der Waals surface area contributed by atoms with Crippen LogP contribution in [0, 0.1) is 5.82 Å². The van der Waals surface area contributed by atoms with Crippen molar-refractivity contribution >= 4 is 17.6 Å². The van der Waals surface area contributed by atoms with Crippen molar-refractivity contribution in [3.63, 3.8) is 0 Å². The minimum atomic E-state index is -1.27. The van der Waals surface area contributed by atoms with Crippen LogP contribution in [-0.4, -0.2) is 17.0 Å². The van der Waals surface area contributed by atoms with Gasteiger partial charge in [-0.15, -0.1) is 0 Å². The van der Waals surface area contributed by atoms with Crippen molar-refractivity contribution in [2.45, 2.75) is 32.1 Å². The molecule has 1 amide bonds. The van der Waals surface area contributed by atoms with Gasteiger partial charge in [0.2, 0.25) is 5.91 Å². The highest BCUT2D eigenvalue weighted by atomic mass is 19.1. The molecule has 0 radical (unpaired) electrons. The highest BCUT2D eigenvalue weighted by Crippen LogP contribution is 2.23. The second-order valence-electron chi connectivity index (χ2n) is 4.80. The number of hydrogen-bond acceptors (Lipinski definition) is 2. The number of nitrogens with one attached hydrogen (secondary N) is 1. The number of carboxylic acid groups (broad SMARTS) is 1. The molecule has 5 heteroatoms. The van der Waals surface area contributed by atoms with Gasteiger partial charge in [0.15, 0.2) is 0 Å². The number of halogens is 1. The summed E-state index contributed by atoms with van der Waals surface area (Å²) in [6.45, 7) is 0. The van der Waals surface area contributed by atoms with Crippen molar-refractivity contribution in [2.75, 3.05) is 5.32 Å². The number of carboxylic acids is 1. The zero-order valence-corrected chi connectivity index (χ0v) is 11.0. The van der Waals surface area contributed by atoms with Crippen LogP contribution in [0.5, 0.6) is 0 Å². The molecule has 106 valence electrons. The fourth-order valence-electron chi connectivity index (χ4n) is 2.28. The van der Waals surface area contributed by atoms with Crippen molar-refractivity contribution in [1.82, 2.24) is 0 Å². The van der Waals surface area contributed by atoms with E-state index in [4.69, 9.17) is 5.11 Å². The highest BCUT2D eigenvalue weighted by Gasteiger charge is 2.17. The van der Waals surface area contributed by atoms with Crippen LogP contribution in [0.15, 0.2) is 29.8 Å². The quantitative estimate of drug-likeness (QED) is 0.829. The lowest BCUT2D eigenvalue weighted by Gasteiger charge is -2.13. The molecule has 1 aromatic rings. The van der Waals surface area contributed by atoms with Crippen LogP contribution in [0.4, 0.5) is 10.1 Å². The number of allylic oxidation sites excluding steroid dienone is 1. The van der Waals surface area contributed by atoms with Crippen LogP contribution in [0.1, 0.15) is 42.5 Å². The number of hydrogen-bond donors (Lipinski definition) is 2. The molecule has 0 unspecified atom stereocenters. The first-order valence-electron chi connectivity index (χ1n) is 6.57. The molecule has 0 aromatic heterocycles. The SMILES string of the molecule is O=C(CC1=CCCCC1)Nc1c(F)cccc1C(=O)O. The van der Waals surface area contributed by atoms with E-state index >= 15 is 0 Å². The summed E-state index contributed by atoms with van der Waals surface area (Å²) in [5.74, 6) is -2.39. The van der Waals surface area contributed by atoms with Crippen molar-refractivity contribution in [1.29, 1.82) is 0 Å². The Morgan fingerprint density at radius 2 is 2.10 bits per heavy atom. The molecule has 0 atom stereocenters. The topological polar surface area (TPSA) is 66.4 Å². The smallest absolute Gasteiger partial charge is 0.337 e. The van der Waals surface area contributed by atoms with Crippen LogP contribution in [0.3, 0.4) is 0 Å². The number of anilines is 1. The van der Waals surface area contributed by atoms with Gasteiger partial charge in [-0.05, 0) is 37.8 Å². The Hall–Kier alpha value is -2.17. The lowest BCUT2D eigenvalue weighted by atomic mass is 9.97. The number of aromatic carboxylic acids is 1. The summed E-state index contributed by atoms with van der Waals surface area (Å²) in [7, 11) is 0. The van der Waals surface area contributed by atoms with E-state index < -0.39 is 11.8 Å². The monoisotopic (exact) mass is 277 g/mol. The van der Waals surface area contributed by atoms with E-state index in [9.17, 15) is 14.0 Å². The minimum Gasteiger partial charge on any atom is -0.478 e. The first-order chi connectivity index (χ1) is 9.58. The van der Waals surface area contributed by atoms with E-state index in [1.54, 1.807) is 0 Å². The van der Waals surface area contributed by atoms with E-state index in [-0.39, 0.29) is 23.6 Å². The molecule has 0 heterocycles. The number of para-hydroxylation sites is 1. The summed E-state index contributed by atoms with van der Waals surface area (Å²) in [6.07, 6.45) is 6.23. The largest absolute Gasteiger partial charge is 0.478 e. The van der Waals surface area contributed by atoms with Gasteiger partial charge in [-0.2, -0.15) is 0 Å². The molecular weight excluding hydrogens is 261 g/mol. The Morgan fingerprint density at radius 3 is 2.75 bits per heavy atom. The van der Waals surface area contributed by atoms with Crippen molar-refractivity contribution in [2.24, 2.45) is 0 Å². The molecule has 0 bridgehead atoms. The van der Waals surface area contributed by atoms with Gasteiger partial charge < -0.3 is 10.4 Å². The Labute approximate surface area is 116 Å². The third-order valence-corrected chi connectivity index (χ3v) is 3.28. The average molecular weight is 277 g/mol. The fraction of sp³-hybridized carbons (Fsp3) is 0.333. The zero-order valence-electron chi connectivity index (χ0n) is 11.0. The van der Waals surface area contributed by atoms with Gasteiger partial charge in [0, 0.05) is 6.42 Å². The minimum absolute atomic E-state index is 0.188. The third kappa shape index (κ3) is 3.44. The molecule has 0 fully saturated rings. The molecule has 0 saturated heterocycles. The highest BCUT2D eigenvalue weighted by molar-refractivity contribution is 6.01. The second-order valence-corrected chi connectivity index (χ2v) is 4.80. The first kappa shape index (κ1) is 14.2. The standard InChI is InChI=1S/C15H16FNO3/c16-12-8-4-7-11(15(19)20)14(12)17-13(18)9-10-5-2-1-3-6-10/h4-5,7-8H,1-3,6,9H2,(H,17,18)(H,19,20). The predicted molar refractivity (Wildman–Crippen MR) is 73.2 cm³/mol. The molecule has 1 aromatic carbocycles. The van der Waals surface area contributed by atoms with E-state index in [0.717, 1.165) is 37.3 Å². The molecule has 20 heavy (non-hydrogen) atoms. The summed E-state index contributed by atoms with van der Waals surface area (Å²) in [5.41, 5.74) is 0.527. The predicted octanol–water partition coefficient (Wildman–Crippen LogP) is 3.35. The summed E-state index contributed by atoms with van der Waals surface area (Å²) in [5, 5.41) is 11.4. The van der Waals surface area contributed by atoms with Crippen LogP contribution in [0.2, 0.25) is 0 Å². The molecular formula is C15H16FNO3. The average Bonchev–Trinajstić information content (AvgIpc) is 2.42. The van der Waals surface area contributed by atoms with Crippen LogP contribution < -0.4 is 5.32 Å². The van der Waals surface area contributed by atoms with Crippen LogP contribution in [0.25, 0.3) is 0 Å². The van der Waals surface area contributed by atoms with Gasteiger partial charge in [0.05, 0.1) is 11.3 Å². The van der Waals surface area contributed by atoms with Gasteiger partial charge in [0.1, 0.15) is 5.82 Å². The van der Waals surface area contributed by atoms with Crippen molar-refractivity contribution in [3.8, 4) is 0 Å². The number of carbonyl (C=O) groups is 2. The van der Waals surface area contributed by atoms with Crippen LogP contribution >= 0.6 is 0 Å². The molecule has 2 N–H and O–H groups in total. The second kappa shape index (κ2) is 6.32. The van der Waals surface area contributed by atoms with E-state index in [1.165, 1.54) is 12.1 Å². The Morgan fingerprint density at radius 1 is 1.30 bits per heavy atom.